The Bertz CT molecular complexity index is 633. The minimum Gasteiger partial charge on any atom is -0.480 e. The summed E-state index contributed by atoms with van der Waals surface area (Å²) in [6, 6.07) is 2.56. The number of aliphatic carboxylic acids is 1. The number of piperidine rings is 1. The molecule has 0 radical (unpaired) electrons. The third kappa shape index (κ3) is 5.29. The Morgan fingerprint density at radius 2 is 1.96 bits per heavy atom. The Balaban J connectivity index is 1.46. The maximum atomic E-state index is 12.5. The Labute approximate surface area is 160 Å². The van der Waals surface area contributed by atoms with Gasteiger partial charge in [0.1, 0.15) is 5.82 Å². The second-order valence-corrected chi connectivity index (χ2v) is 7.61. The zero-order valence-corrected chi connectivity index (χ0v) is 16.1. The number of carbonyl (C=O) groups excluding carboxylic acids is 1. The van der Waals surface area contributed by atoms with Crippen molar-refractivity contribution in [2.24, 2.45) is 0 Å². The number of carbonyl (C=O) groups is 2. The summed E-state index contributed by atoms with van der Waals surface area (Å²) in [5.74, 6) is 0.00372. The summed E-state index contributed by atoms with van der Waals surface area (Å²) in [6.45, 7) is 4.82. The number of nitrogens with zero attached hydrogens (tertiary/aromatic N) is 4. The number of aromatic nitrogens is 2. The molecule has 1 amide bonds. The maximum absolute atomic E-state index is 12.5. The minimum absolute atomic E-state index is 0.00826. The molecule has 2 heterocycles. The topological polar surface area (TPSA) is 90.7 Å². The van der Waals surface area contributed by atoms with Crippen LogP contribution in [-0.2, 0) is 9.59 Å². The molecule has 1 aliphatic heterocycles. The monoisotopic (exact) mass is 377 g/mol. The Morgan fingerprint density at radius 3 is 2.59 bits per heavy atom. The van der Waals surface area contributed by atoms with Crippen molar-refractivity contribution < 1.29 is 14.7 Å². The van der Waals surface area contributed by atoms with Gasteiger partial charge in [-0.25, -0.2) is 4.68 Å². The van der Waals surface area contributed by atoms with Crippen molar-refractivity contribution in [2.45, 2.75) is 57.5 Å². The number of carboxylic acid groups (broad SMARTS) is 1. The largest absolute Gasteiger partial charge is 0.480 e. The standard InChI is InChI=1S/C19H31N5O3/c1-2-23(14-19(26)27)15-8-11-22(12-9-15)13-18(25)21-17-7-10-20-24(17)16-5-3-4-6-16/h7,10,15-16H,2-6,8-9,11-14H2,1H3,(H,21,25)(H,26,27). The van der Waals surface area contributed by atoms with Crippen molar-refractivity contribution >= 4 is 17.7 Å². The van der Waals surface area contributed by atoms with Crippen LogP contribution in [0.5, 0.6) is 0 Å². The number of hydrogen-bond donors (Lipinski definition) is 2. The molecular formula is C19H31N5O3. The van der Waals surface area contributed by atoms with E-state index < -0.39 is 5.97 Å². The number of likely N-dealkylation sites (N-methyl/N-ethyl adjacent to an activating group) is 1. The lowest BCUT2D eigenvalue weighted by Gasteiger charge is -2.37. The average Bonchev–Trinajstić information content (AvgIpc) is 3.31. The van der Waals surface area contributed by atoms with E-state index in [-0.39, 0.29) is 18.5 Å². The molecule has 8 heteroatoms. The predicted octanol–water partition coefficient (Wildman–Crippen LogP) is 1.81. The number of hydrogen-bond acceptors (Lipinski definition) is 5. The fraction of sp³-hybridized carbons (Fsp3) is 0.737. The summed E-state index contributed by atoms with van der Waals surface area (Å²) < 4.78 is 1.96. The first-order valence-corrected chi connectivity index (χ1v) is 10.1. The zero-order chi connectivity index (χ0) is 19.2. The zero-order valence-electron chi connectivity index (χ0n) is 16.1. The van der Waals surface area contributed by atoms with Crippen molar-refractivity contribution in [3.8, 4) is 0 Å². The summed E-state index contributed by atoms with van der Waals surface area (Å²) in [5, 5.41) is 16.4. The second-order valence-electron chi connectivity index (χ2n) is 7.61. The van der Waals surface area contributed by atoms with Gasteiger partial charge in [0.05, 0.1) is 25.3 Å². The minimum atomic E-state index is -0.780. The first kappa shape index (κ1) is 19.8. The van der Waals surface area contributed by atoms with Gasteiger partial charge in [-0.1, -0.05) is 19.8 Å². The summed E-state index contributed by atoms with van der Waals surface area (Å²) in [4.78, 5) is 27.6. The van der Waals surface area contributed by atoms with Crippen LogP contribution in [0.25, 0.3) is 0 Å². The van der Waals surface area contributed by atoms with E-state index in [1.54, 1.807) is 6.20 Å². The molecular weight excluding hydrogens is 346 g/mol. The summed E-state index contributed by atoms with van der Waals surface area (Å²) in [7, 11) is 0. The highest BCUT2D eigenvalue weighted by molar-refractivity contribution is 5.91. The van der Waals surface area contributed by atoms with Crippen molar-refractivity contribution in [3.05, 3.63) is 12.3 Å². The van der Waals surface area contributed by atoms with Crippen LogP contribution < -0.4 is 5.32 Å². The number of anilines is 1. The van der Waals surface area contributed by atoms with E-state index in [0.29, 0.717) is 12.6 Å². The van der Waals surface area contributed by atoms with E-state index in [4.69, 9.17) is 5.11 Å². The number of rotatable bonds is 8. The molecule has 8 nitrogen and oxygen atoms in total. The molecule has 0 aromatic carbocycles. The van der Waals surface area contributed by atoms with Crippen LogP contribution >= 0.6 is 0 Å². The van der Waals surface area contributed by atoms with Crippen LogP contribution in [0.1, 0.15) is 51.5 Å². The summed E-state index contributed by atoms with van der Waals surface area (Å²) in [6.07, 6.45) is 8.25. The molecule has 0 atom stereocenters. The quantitative estimate of drug-likeness (QED) is 0.718. The van der Waals surface area contributed by atoms with Crippen LogP contribution in [0.2, 0.25) is 0 Å². The van der Waals surface area contributed by atoms with Gasteiger partial charge in [0, 0.05) is 25.2 Å². The van der Waals surface area contributed by atoms with Gasteiger partial charge >= 0.3 is 5.97 Å². The van der Waals surface area contributed by atoms with E-state index in [9.17, 15) is 9.59 Å². The van der Waals surface area contributed by atoms with Crippen molar-refractivity contribution in [1.82, 2.24) is 19.6 Å². The van der Waals surface area contributed by atoms with E-state index in [1.807, 2.05) is 22.6 Å². The van der Waals surface area contributed by atoms with Gasteiger partial charge in [-0.15, -0.1) is 0 Å². The molecule has 150 valence electrons. The fourth-order valence-corrected chi connectivity index (χ4v) is 4.35. The molecule has 2 fully saturated rings. The highest BCUT2D eigenvalue weighted by Crippen LogP contribution is 2.31. The van der Waals surface area contributed by atoms with Gasteiger partial charge in [-0.2, -0.15) is 5.10 Å². The van der Waals surface area contributed by atoms with Crippen molar-refractivity contribution in [3.63, 3.8) is 0 Å². The molecule has 1 aromatic heterocycles. The van der Waals surface area contributed by atoms with Crippen LogP contribution in [-0.4, -0.2) is 75.3 Å². The summed E-state index contributed by atoms with van der Waals surface area (Å²) in [5.41, 5.74) is 0. The molecule has 1 aliphatic carbocycles. The first-order valence-electron chi connectivity index (χ1n) is 10.1. The number of nitrogens with one attached hydrogen (secondary N) is 1. The average molecular weight is 377 g/mol. The SMILES string of the molecule is CCN(CC(=O)O)C1CCN(CC(=O)Nc2ccnn2C2CCCC2)CC1. The van der Waals surface area contributed by atoms with Crippen LogP contribution in [0.3, 0.4) is 0 Å². The first-order chi connectivity index (χ1) is 13.1. The molecule has 1 saturated carbocycles. The molecule has 2 aliphatic rings. The molecule has 3 rings (SSSR count). The van der Waals surface area contributed by atoms with Crippen molar-refractivity contribution in [1.29, 1.82) is 0 Å². The third-order valence-corrected chi connectivity index (χ3v) is 5.79. The van der Waals surface area contributed by atoms with Gasteiger partial charge in [-0.3, -0.25) is 19.4 Å². The van der Waals surface area contributed by atoms with Gasteiger partial charge in [0.2, 0.25) is 5.91 Å². The Hall–Kier alpha value is -1.93. The number of carboxylic acids is 1. The lowest BCUT2D eigenvalue weighted by molar-refractivity contribution is -0.139. The number of likely N-dealkylation sites (tertiary alicyclic amines) is 1. The number of amides is 1. The van der Waals surface area contributed by atoms with E-state index >= 15 is 0 Å². The lowest BCUT2D eigenvalue weighted by atomic mass is 10.0. The predicted molar refractivity (Wildman–Crippen MR) is 103 cm³/mol. The Kier molecular flexibility index (Phi) is 6.84. The fourth-order valence-electron chi connectivity index (χ4n) is 4.35. The highest BCUT2D eigenvalue weighted by atomic mass is 16.4. The van der Waals surface area contributed by atoms with Crippen LogP contribution in [0, 0.1) is 0 Å². The van der Waals surface area contributed by atoms with Gasteiger partial charge in [-0.05, 0) is 32.2 Å². The molecule has 1 saturated heterocycles. The molecule has 2 N–H and O–H groups in total. The summed E-state index contributed by atoms with van der Waals surface area (Å²) >= 11 is 0. The Morgan fingerprint density at radius 1 is 1.26 bits per heavy atom. The van der Waals surface area contributed by atoms with Crippen molar-refractivity contribution in [2.75, 3.05) is 38.0 Å². The van der Waals surface area contributed by atoms with E-state index in [0.717, 1.165) is 51.1 Å². The third-order valence-electron chi connectivity index (χ3n) is 5.79. The maximum Gasteiger partial charge on any atom is 0.317 e. The van der Waals surface area contributed by atoms with Crippen LogP contribution in [0.4, 0.5) is 5.82 Å². The molecule has 1 aromatic rings. The molecule has 27 heavy (non-hydrogen) atoms. The lowest BCUT2D eigenvalue weighted by Crippen LogP contribution is -2.48. The molecule has 0 unspecified atom stereocenters. The van der Waals surface area contributed by atoms with Gasteiger partial charge in [0.15, 0.2) is 0 Å². The van der Waals surface area contributed by atoms with Crippen LogP contribution in [0.15, 0.2) is 12.3 Å². The smallest absolute Gasteiger partial charge is 0.317 e. The van der Waals surface area contributed by atoms with E-state index in [1.165, 1.54) is 12.8 Å². The normalized spacial score (nSPS) is 19.6. The second kappa shape index (κ2) is 9.32. The molecule has 0 spiro atoms. The highest BCUT2D eigenvalue weighted by Gasteiger charge is 2.26. The van der Waals surface area contributed by atoms with Gasteiger partial charge < -0.3 is 10.4 Å². The molecule has 0 bridgehead atoms. The van der Waals surface area contributed by atoms with Gasteiger partial charge in [0.25, 0.3) is 0 Å². The van der Waals surface area contributed by atoms with E-state index in [2.05, 4.69) is 15.3 Å².